The molecule has 0 aliphatic rings. The Kier molecular flexibility index (Phi) is 4.66. The second kappa shape index (κ2) is 6.32. The summed E-state index contributed by atoms with van der Waals surface area (Å²) in [5.74, 6) is -0.329. The fourth-order valence-electron chi connectivity index (χ4n) is 1.93. The van der Waals surface area contributed by atoms with E-state index in [4.69, 9.17) is 0 Å². The van der Waals surface area contributed by atoms with Gasteiger partial charge in [0.2, 0.25) is 0 Å². The molecule has 0 radical (unpaired) electrons. The van der Waals surface area contributed by atoms with E-state index in [0.717, 1.165) is 5.56 Å². The Morgan fingerprint density at radius 1 is 1.05 bits per heavy atom. The highest BCUT2D eigenvalue weighted by Gasteiger charge is 2.20. The second-order valence-corrected chi connectivity index (χ2v) is 7.95. The van der Waals surface area contributed by atoms with Crippen LogP contribution < -0.4 is 5.32 Å². The third-order valence-corrected chi connectivity index (χ3v) is 5.51. The molecule has 116 valence electrons. The molecule has 5 heteroatoms. The van der Waals surface area contributed by atoms with E-state index in [9.17, 15) is 13.2 Å². The summed E-state index contributed by atoms with van der Waals surface area (Å²) < 4.78 is 24.3. The lowest BCUT2D eigenvalue weighted by Gasteiger charge is -2.10. The summed E-state index contributed by atoms with van der Waals surface area (Å²) in [7, 11) is -3.39. The standard InChI is InChI=1S/C17H19NO3S/c1-12(2)22(20,21)16-6-4-5-14(11-16)17(19)18-15-9-7-13(3)8-10-15/h4-12H,1-3H3,(H,18,19). The highest BCUT2D eigenvalue weighted by Crippen LogP contribution is 2.18. The van der Waals surface area contributed by atoms with E-state index in [1.54, 1.807) is 26.0 Å². The smallest absolute Gasteiger partial charge is 0.255 e. The number of benzene rings is 2. The van der Waals surface area contributed by atoms with Gasteiger partial charge in [-0.15, -0.1) is 0 Å². The first kappa shape index (κ1) is 16.2. The quantitative estimate of drug-likeness (QED) is 0.939. The number of carbonyl (C=O) groups excluding carboxylic acids is 1. The molecule has 22 heavy (non-hydrogen) atoms. The molecule has 0 saturated heterocycles. The van der Waals surface area contributed by atoms with E-state index in [1.807, 2.05) is 31.2 Å². The average molecular weight is 317 g/mol. The van der Waals surface area contributed by atoms with Crippen molar-refractivity contribution in [1.82, 2.24) is 0 Å². The van der Waals surface area contributed by atoms with Crippen molar-refractivity contribution in [2.45, 2.75) is 30.9 Å². The SMILES string of the molecule is Cc1ccc(NC(=O)c2cccc(S(=O)(=O)C(C)C)c2)cc1. The monoisotopic (exact) mass is 317 g/mol. The van der Waals surface area contributed by atoms with Crippen LogP contribution in [-0.2, 0) is 9.84 Å². The summed E-state index contributed by atoms with van der Waals surface area (Å²) in [5, 5.41) is 2.23. The number of hydrogen-bond acceptors (Lipinski definition) is 3. The zero-order valence-corrected chi connectivity index (χ0v) is 13.6. The van der Waals surface area contributed by atoms with Gasteiger partial charge in [0, 0.05) is 11.3 Å². The zero-order chi connectivity index (χ0) is 16.3. The number of rotatable bonds is 4. The fraction of sp³-hybridized carbons (Fsp3) is 0.235. The lowest BCUT2D eigenvalue weighted by atomic mass is 10.2. The van der Waals surface area contributed by atoms with Crippen LogP contribution in [0.3, 0.4) is 0 Å². The Hall–Kier alpha value is -2.14. The molecular weight excluding hydrogens is 298 g/mol. The minimum absolute atomic E-state index is 0.166. The van der Waals surface area contributed by atoms with Gasteiger partial charge in [-0.2, -0.15) is 0 Å². The summed E-state index contributed by atoms with van der Waals surface area (Å²) in [6.45, 7) is 5.20. The Morgan fingerprint density at radius 3 is 2.27 bits per heavy atom. The van der Waals surface area contributed by atoms with Crippen LogP contribution in [0.2, 0.25) is 0 Å². The van der Waals surface area contributed by atoms with Gasteiger partial charge in [-0.1, -0.05) is 23.8 Å². The molecular formula is C17H19NO3S. The molecule has 0 aliphatic carbocycles. The van der Waals surface area contributed by atoms with E-state index in [0.29, 0.717) is 11.3 Å². The highest BCUT2D eigenvalue weighted by molar-refractivity contribution is 7.92. The Morgan fingerprint density at radius 2 is 1.68 bits per heavy atom. The van der Waals surface area contributed by atoms with Crippen LogP contribution >= 0.6 is 0 Å². The molecule has 0 fully saturated rings. The summed E-state index contributed by atoms with van der Waals surface area (Å²) in [5.41, 5.74) is 2.10. The van der Waals surface area contributed by atoms with Crippen molar-refractivity contribution in [2.75, 3.05) is 5.32 Å². The Labute approximate surface area is 131 Å². The molecule has 0 atom stereocenters. The molecule has 0 spiro atoms. The van der Waals surface area contributed by atoms with Crippen LogP contribution in [0.4, 0.5) is 5.69 Å². The summed E-state index contributed by atoms with van der Waals surface area (Å²) in [4.78, 5) is 12.4. The summed E-state index contributed by atoms with van der Waals surface area (Å²) in [6.07, 6.45) is 0. The number of anilines is 1. The zero-order valence-electron chi connectivity index (χ0n) is 12.8. The van der Waals surface area contributed by atoms with Crippen LogP contribution in [0.25, 0.3) is 0 Å². The maximum atomic E-state index is 12.2. The van der Waals surface area contributed by atoms with Gasteiger partial charge in [0.25, 0.3) is 5.91 Å². The van der Waals surface area contributed by atoms with Gasteiger partial charge in [0.1, 0.15) is 0 Å². The molecule has 4 nitrogen and oxygen atoms in total. The van der Waals surface area contributed by atoms with Crippen LogP contribution in [0.15, 0.2) is 53.4 Å². The summed E-state index contributed by atoms with van der Waals surface area (Å²) >= 11 is 0. The Balaban J connectivity index is 2.26. The van der Waals surface area contributed by atoms with Crippen molar-refractivity contribution in [3.8, 4) is 0 Å². The van der Waals surface area contributed by atoms with Gasteiger partial charge in [-0.05, 0) is 51.1 Å². The van der Waals surface area contributed by atoms with E-state index < -0.39 is 15.1 Å². The van der Waals surface area contributed by atoms with Crippen molar-refractivity contribution in [3.63, 3.8) is 0 Å². The van der Waals surface area contributed by atoms with E-state index in [-0.39, 0.29) is 10.8 Å². The van der Waals surface area contributed by atoms with Crippen molar-refractivity contribution >= 4 is 21.4 Å². The Bertz CT molecular complexity index is 778. The van der Waals surface area contributed by atoms with Gasteiger partial charge in [0.15, 0.2) is 9.84 Å². The number of nitrogens with one attached hydrogen (secondary N) is 1. The summed E-state index contributed by atoms with van der Waals surface area (Å²) in [6, 6.07) is 13.5. The third kappa shape index (κ3) is 3.54. The van der Waals surface area contributed by atoms with Crippen molar-refractivity contribution in [1.29, 1.82) is 0 Å². The van der Waals surface area contributed by atoms with Crippen LogP contribution in [-0.4, -0.2) is 19.6 Å². The van der Waals surface area contributed by atoms with E-state index in [1.165, 1.54) is 12.1 Å². The minimum atomic E-state index is -3.39. The molecule has 0 unspecified atom stereocenters. The number of hydrogen-bond donors (Lipinski definition) is 1. The molecule has 2 aromatic carbocycles. The topological polar surface area (TPSA) is 63.2 Å². The van der Waals surface area contributed by atoms with Gasteiger partial charge >= 0.3 is 0 Å². The minimum Gasteiger partial charge on any atom is -0.322 e. The van der Waals surface area contributed by atoms with E-state index >= 15 is 0 Å². The molecule has 1 amide bonds. The van der Waals surface area contributed by atoms with Crippen molar-refractivity contribution in [3.05, 3.63) is 59.7 Å². The van der Waals surface area contributed by atoms with Gasteiger partial charge in [-0.3, -0.25) is 4.79 Å². The van der Waals surface area contributed by atoms with E-state index in [2.05, 4.69) is 5.32 Å². The molecule has 0 heterocycles. The third-order valence-electron chi connectivity index (χ3n) is 3.35. The maximum absolute atomic E-state index is 12.2. The van der Waals surface area contributed by atoms with Gasteiger partial charge in [0.05, 0.1) is 10.1 Å². The molecule has 1 N–H and O–H groups in total. The van der Waals surface area contributed by atoms with Crippen molar-refractivity contribution in [2.24, 2.45) is 0 Å². The molecule has 0 bridgehead atoms. The average Bonchev–Trinajstić information content (AvgIpc) is 2.49. The molecule has 2 aromatic rings. The predicted molar refractivity (Wildman–Crippen MR) is 87.9 cm³/mol. The molecule has 2 rings (SSSR count). The first-order chi connectivity index (χ1) is 10.3. The normalized spacial score (nSPS) is 11.5. The number of amides is 1. The van der Waals surface area contributed by atoms with Crippen molar-refractivity contribution < 1.29 is 13.2 Å². The first-order valence-electron chi connectivity index (χ1n) is 7.02. The predicted octanol–water partition coefficient (Wildman–Crippen LogP) is 3.43. The lowest BCUT2D eigenvalue weighted by Crippen LogP contribution is -2.16. The fourth-order valence-corrected chi connectivity index (χ4v) is 3.03. The largest absolute Gasteiger partial charge is 0.322 e. The van der Waals surface area contributed by atoms with Crippen LogP contribution in [0, 0.1) is 6.92 Å². The maximum Gasteiger partial charge on any atom is 0.255 e. The van der Waals surface area contributed by atoms with Crippen LogP contribution in [0.5, 0.6) is 0 Å². The lowest BCUT2D eigenvalue weighted by molar-refractivity contribution is 0.102. The molecule has 0 aromatic heterocycles. The second-order valence-electron chi connectivity index (χ2n) is 5.44. The molecule has 0 aliphatic heterocycles. The van der Waals surface area contributed by atoms with Gasteiger partial charge in [-0.25, -0.2) is 8.42 Å². The number of carbonyl (C=O) groups is 1. The first-order valence-corrected chi connectivity index (χ1v) is 8.57. The number of aryl methyl sites for hydroxylation is 1. The highest BCUT2D eigenvalue weighted by atomic mass is 32.2. The van der Waals surface area contributed by atoms with Crippen LogP contribution in [0.1, 0.15) is 29.8 Å². The molecule has 0 saturated carbocycles. The van der Waals surface area contributed by atoms with Gasteiger partial charge < -0.3 is 5.32 Å². The number of sulfone groups is 1.